The molecule has 1 amide bonds. The Morgan fingerprint density at radius 2 is 1.88 bits per heavy atom. The second kappa shape index (κ2) is 8.37. The summed E-state index contributed by atoms with van der Waals surface area (Å²) < 4.78 is 5.71. The van der Waals surface area contributed by atoms with Crippen molar-refractivity contribution >= 4 is 18.3 Å². The van der Waals surface area contributed by atoms with Crippen molar-refractivity contribution in [2.45, 2.75) is 25.8 Å². The van der Waals surface area contributed by atoms with E-state index in [1.54, 1.807) is 0 Å². The summed E-state index contributed by atoms with van der Waals surface area (Å²) in [6.45, 7) is 5.31. The Kier molecular flexibility index (Phi) is 6.45. The van der Waals surface area contributed by atoms with Crippen LogP contribution in [-0.2, 0) is 4.79 Å². The van der Waals surface area contributed by atoms with E-state index in [-0.39, 0.29) is 36.9 Å². The first kappa shape index (κ1) is 19.3. The minimum atomic E-state index is -0.0301. The third kappa shape index (κ3) is 4.53. The lowest BCUT2D eigenvalue weighted by Gasteiger charge is -2.17. The first-order valence-corrected chi connectivity index (χ1v) is 8.33. The van der Waals surface area contributed by atoms with Crippen LogP contribution in [0.4, 0.5) is 0 Å². The van der Waals surface area contributed by atoms with Crippen LogP contribution < -0.4 is 10.5 Å². The molecule has 2 aromatic carbocycles. The number of ether oxygens (including phenoxy) is 1. The Bertz CT molecular complexity index is 721. The van der Waals surface area contributed by atoms with Crippen molar-refractivity contribution in [2.75, 3.05) is 19.7 Å². The number of nitrogens with zero attached hydrogens (tertiary/aromatic N) is 1. The van der Waals surface area contributed by atoms with Gasteiger partial charge in [0.05, 0.1) is 0 Å². The van der Waals surface area contributed by atoms with Gasteiger partial charge in [-0.05, 0) is 31.0 Å². The maximum atomic E-state index is 12.5. The largest absolute Gasteiger partial charge is 0.484 e. The molecule has 1 aliphatic rings. The predicted molar refractivity (Wildman–Crippen MR) is 102 cm³/mol. The average molecular weight is 361 g/mol. The van der Waals surface area contributed by atoms with Gasteiger partial charge in [0.25, 0.3) is 5.91 Å². The highest BCUT2D eigenvalue weighted by Crippen LogP contribution is 2.26. The minimum Gasteiger partial charge on any atom is -0.484 e. The van der Waals surface area contributed by atoms with Gasteiger partial charge >= 0.3 is 0 Å². The molecule has 0 aliphatic carbocycles. The molecule has 3 rings (SSSR count). The normalized spacial score (nSPS) is 19.4. The fourth-order valence-electron chi connectivity index (χ4n) is 3.28. The van der Waals surface area contributed by atoms with Crippen molar-refractivity contribution < 1.29 is 9.53 Å². The average Bonchev–Trinajstić information content (AvgIpc) is 2.96. The molecule has 0 saturated carbocycles. The molecule has 5 heteroatoms. The van der Waals surface area contributed by atoms with E-state index in [4.69, 9.17) is 10.5 Å². The first-order valence-electron chi connectivity index (χ1n) is 8.33. The van der Waals surface area contributed by atoms with Gasteiger partial charge in [0.2, 0.25) is 0 Å². The van der Waals surface area contributed by atoms with Crippen LogP contribution in [-0.4, -0.2) is 36.5 Å². The van der Waals surface area contributed by atoms with E-state index in [9.17, 15) is 4.79 Å². The highest BCUT2D eigenvalue weighted by molar-refractivity contribution is 5.85. The first-order chi connectivity index (χ1) is 11.5. The van der Waals surface area contributed by atoms with Crippen LogP contribution in [0.2, 0.25) is 0 Å². The molecule has 0 aromatic heterocycles. The smallest absolute Gasteiger partial charge is 0.260 e. The van der Waals surface area contributed by atoms with E-state index >= 15 is 0 Å². The van der Waals surface area contributed by atoms with Crippen molar-refractivity contribution in [3.05, 3.63) is 65.2 Å². The zero-order valence-electron chi connectivity index (χ0n) is 14.6. The Balaban J connectivity index is 0.00000225. The number of hydrogen-bond donors (Lipinski definition) is 1. The lowest BCUT2D eigenvalue weighted by atomic mass is 9.95. The van der Waals surface area contributed by atoms with Gasteiger partial charge in [-0.3, -0.25) is 4.79 Å². The van der Waals surface area contributed by atoms with Crippen molar-refractivity contribution in [2.24, 2.45) is 5.73 Å². The van der Waals surface area contributed by atoms with Gasteiger partial charge in [0.15, 0.2) is 6.61 Å². The van der Waals surface area contributed by atoms with E-state index in [2.05, 4.69) is 18.2 Å². The Labute approximate surface area is 155 Å². The highest BCUT2D eigenvalue weighted by atomic mass is 35.5. The van der Waals surface area contributed by atoms with Crippen LogP contribution in [0, 0.1) is 13.8 Å². The lowest BCUT2D eigenvalue weighted by Crippen LogP contribution is -2.35. The van der Waals surface area contributed by atoms with Crippen molar-refractivity contribution in [3.8, 4) is 5.75 Å². The molecule has 1 aliphatic heterocycles. The van der Waals surface area contributed by atoms with E-state index in [1.165, 1.54) is 11.1 Å². The molecule has 0 bridgehead atoms. The Hall–Kier alpha value is -2.04. The van der Waals surface area contributed by atoms with E-state index in [0.29, 0.717) is 13.1 Å². The molecule has 2 atom stereocenters. The summed E-state index contributed by atoms with van der Waals surface area (Å²) in [5.41, 5.74) is 9.67. The van der Waals surface area contributed by atoms with Gasteiger partial charge in [-0.2, -0.15) is 0 Å². The quantitative estimate of drug-likeness (QED) is 0.911. The topological polar surface area (TPSA) is 55.6 Å². The molecule has 0 spiro atoms. The van der Waals surface area contributed by atoms with Crippen LogP contribution in [0.1, 0.15) is 22.6 Å². The number of carbonyl (C=O) groups excluding carboxylic acids is 1. The van der Waals surface area contributed by atoms with Crippen LogP contribution in [0.3, 0.4) is 0 Å². The Morgan fingerprint density at radius 3 is 2.56 bits per heavy atom. The molecule has 134 valence electrons. The molecule has 0 radical (unpaired) electrons. The van der Waals surface area contributed by atoms with Gasteiger partial charge in [-0.15, -0.1) is 12.4 Å². The fourth-order valence-corrected chi connectivity index (χ4v) is 3.28. The monoisotopic (exact) mass is 360 g/mol. The second-order valence-electron chi connectivity index (χ2n) is 6.54. The van der Waals surface area contributed by atoms with Crippen LogP contribution in [0.25, 0.3) is 0 Å². The predicted octanol–water partition coefficient (Wildman–Crippen LogP) is 3.06. The molecule has 1 heterocycles. The van der Waals surface area contributed by atoms with Crippen LogP contribution in [0.5, 0.6) is 5.75 Å². The summed E-state index contributed by atoms with van der Waals surface area (Å²) >= 11 is 0. The maximum Gasteiger partial charge on any atom is 0.260 e. The zero-order valence-corrected chi connectivity index (χ0v) is 15.5. The lowest BCUT2D eigenvalue weighted by molar-refractivity contribution is -0.132. The summed E-state index contributed by atoms with van der Waals surface area (Å²) in [4.78, 5) is 14.3. The summed E-state index contributed by atoms with van der Waals surface area (Å²) in [5, 5.41) is 0. The van der Waals surface area contributed by atoms with Gasteiger partial charge in [-0.25, -0.2) is 0 Å². The number of hydrogen-bond acceptors (Lipinski definition) is 3. The standard InChI is InChI=1S/C20H24N2O2.ClH/c1-14-8-9-19(15(2)10-14)24-13-20(23)22-11-17(18(21)12-22)16-6-4-3-5-7-16;/h3-10,17-18H,11-13,21H2,1-2H3;1H/t17-,18+;/m0./s1. The Morgan fingerprint density at radius 1 is 1.16 bits per heavy atom. The number of likely N-dealkylation sites (tertiary alicyclic amines) is 1. The van der Waals surface area contributed by atoms with E-state index in [0.717, 1.165) is 11.3 Å². The molecule has 1 fully saturated rings. The fraction of sp³-hybridized carbons (Fsp3) is 0.350. The van der Waals surface area contributed by atoms with Crippen molar-refractivity contribution in [3.63, 3.8) is 0 Å². The summed E-state index contributed by atoms with van der Waals surface area (Å²) in [6.07, 6.45) is 0. The maximum absolute atomic E-state index is 12.5. The molecule has 4 nitrogen and oxygen atoms in total. The second-order valence-corrected chi connectivity index (χ2v) is 6.54. The van der Waals surface area contributed by atoms with Gasteiger partial charge in [-0.1, -0.05) is 48.0 Å². The van der Waals surface area contributed by atoms with Gasteiger partial charge < -0.3 is 15.4 Å². The zero-order chi connectivity index (χ0) is 17.1. The number of nitrogens with two attached hydrogens (primary N) is 1. The number of benzene rings is 2. The number of halogens is 1. The van der Waals surface area contributed by atoms with Crippen LogP contribution >= 0.6 is 12.4 Å². The number of carbonyl (C=O) groups is 1. The van der Waals surface area contributed by atoms with E-state index in [1.807, 2.05) is 49.1 Å². The number of rotatable bonds is 4. The molecule has 25 heavy (non-hydrogen) atoms. The SMILES string of the molecule is Cc1ccc(OCC(=O)N2C[C@@H](N)[C@H](c3ccccc3)C2)c(C)c1.Cl. The summed E-state index contributed by atoms with van der Waals surface area (Å²) in [6, 6.07) is 16.1. The number of aryl methyl sites for hydroxylation is 2. The molecule has 2 N–H and O–H groups in total. The molecule has 0 unspecified atom stereocenters. The molecular weight excluding hydrogens is 336 g/mol. The van der Waals surface area contributed by atoms with Crippen molar-refractivity contribution in [1.29, 1.82) is 0 Å². The third-order valence-corrected chi connectivity index (χ3v) is 4.63. The summed E-state index contributed by atoms with van der Waals surface area (Å²) in [5.74, 6) is 0.942. The highest BCUT2D eigenvalue weighted by Gasteiger charge is 2.33. The third-order valence-electron chi connectivity index (χ3n) is 4.63. The van der Waals surface area contributed by atoms with Crippen molar-refractivity contribution in [1.82, 2.24) is 4.90 Å². The molecule has 2 aromatic rings. The summed E-state index contributed by atoms with van der Waals surface area (Å²) in [7, 11) is 0. The van der Waals surface area contributed by atoms with E-state index < -0.39 is 0 Å². The molecule has 1 saturated heterocycles. The number of amides is 1. The van der Waals surface area contributed by atoms with Gasteiger partial charge in [0.1, 0.15) is 5.75 Å². The van der Waals surface area contributed by atoms with Crippen LogP contribution in [0.15, 0.2) is 48.5 Å². The van der Waals surface area contributed by atoms with Gasteiger partial charge in [0, 0.05) is 25.0 Å². The molecular formula is C20H25ClN2O2. The minimum absolute atomic E-state index is 0.